The lowest BCUT2D eigenvalue weighted by Crippen LogP contribution is -2.50. The molecule has 0 spiro atoms. The van der Waals surface area contributed by atoms with Crippen molar-refractivity contribution in [2.45, 2.75) is 11.1 Å². The van der Waals surface area contributed by atoms with Gasteiger partial charge in [-0.15, -0.1) is 0 Å². The van der Waals surface area contributed by atoms with E-state index < -0.39 is 44.2 Å². The Bertz CT molecular complexity index is 1080. The van der Waals surface area contributed by atoms with E-state index in [1.165, 1.54) is 4.90 Å². The lowest BCUT2D eigenvalue weighted by molar-refractivity contribution is -0.137. The summed E-state index contributed by atoms with van der Waals surface area (Å²) in [6.45, 7) is -0.732. The van der Waals surface area contributed by atoms with Crippen molar-refractivity contribution in [1.29, 1.82) is 0 Å². The van der Waals surface area contributed by atoms with Gasteiger partial charge in [0.05, 0.1) is 16.1 Å². The monoisotopic (exact) mass is 468 g/mol. The van der Waals surface area contributed by atoms with Crippen LogP contribution in [0.4, 0.5) is 22.0 Å². The molecule has 5 nitrogen and oxygen atoms in total. The van der Waals surface area contributed by atoms with Crippen LogP contribution in [0.3, 0.4) is 0 Å². The first-order valence-electron chi connectivity index (χ1n) is 8.52. The molecule has 1 aliphatic heterocycles. The van der Waals surface area contributed by atoms with Gasteiger partial charge in [0.1, 0.15) is 16.5 Å². The van der Waals surface area contributed by atoms with Crippen LogP contribution >= 0.6 is 11.6 Å². The summed E-state index contributed by atoms with van der Waals surface area (Å²) in [7, 11) is -4.36. The van der Waals surface area contributed by atoms with Gasteiger partial charge in [-0.1, -0.05) is 11.6 Å². The highest BCUT2D eigenvalue weighted by Crippen LogP contribution is 2.34. The minimum absolute atomic E-state index is 0.133. The summed E-state index contributed by atoms with van der Waals surface area (Å²) in [5.41, 5.74) is -1.53. The predicted octanol–water partition coefficient (Wildman–Crippen LogP) is 3.78. The number of carbonyl (C=O) groups excluding carboxylic acids is 1. The first-order valence-corrected chi connectivity index (χ1v) is 10.3. The molecule has 0 unspecified atom stereocenters. The van der Waals surface area contributed by atoms with Crippen molar-refractivity contribution in [1.82, 2.24) is 9.21 Å². The standard InChI is InChI=1S/C18H14ClF5N2O3S/c19-14-4-1-11(18(22,23)24)9-16(14)30(28,29)26-7-5-25(6-8-26)17(27)13-3-2-12(20)10-15(13)21/h1-4,9-10H,5-8H2. The van der Waals surface area contributed by atoms with Gasteiger partial charge in [-0.25, -0.2) is 17.2 Å². The van der Waals surface area contributed by atoms with E-state index in [0.29, 0.717) is 18.2 Å². The van der Waals surface area contributed by atoms with Gasteiger partial charge in [0.25, 0.3) is 5.91 Å². The first-order chi connectivity index (χ1) is 13.9. The molecule has 2 aromatic carbocycles. The van der Waals surface area contributed by atoms with Gasteiger partial charge >= 0.3 is 6.18 Å². The van der Waals surface area contributed by atoms with Crippen LogP contribution in [0.1, 0.15) is 15.9 Å². The summed E-state index contributed by atoms with van der Waals surface area (Å²) >= 11 is 5.83. The molecule has 0 bridgehead atoms. The normalized spacial score (nSPS) is 16.0. The Hall–Kier alpha value is -2.24. The smallest absolute Gasteiger partial charge is 0.336 e. The Morgan fingerprint density at radius 1 is 0.967 bits per heavy atom. The van der Waals surface area contributed by atoms with Gasteiger partial charge in [0, 0.05) is 32.2 Å². The maximum atomic E-state index is 13.8. The zero-order chi connectivity index (χ0) is 22.3. The molecular formula is C18H14ClF5N2O3S. The van der Waals surface area contributed by atoms with Crippen molar-refractivity contribution in [3.05, 3.63) is 64.2 Å². The quantitative estimate of drug-likeness (QED) is 0.644. The molecule has 0 N–H and O–H groups in total. The Labute approximate surface area is 173 Å². The van der Waals surface area contributed by atoms with E-state index in [1.54, 1.807) is 0 Å². The van der Waals surface area contributed by atoms with Crippen LogP contribution in [0.15, 0.2) is 41.3 Å². The minimum atomic E-state index is -4.75. The van der Waals surface area contributed by atoms with Gasteiger partial charge in [-0.2, -0.15) is 17.5 Å². The maximum absolute atomic E-state index is 13.8. The third kappa shape index (κ3) is 4.42. The van der Waals surface area contributed by atoms with Crippen LogP contribution in [0.2, 0.25) is 5.02 Å². The van der Waals surface area contributed by atoms with Crippen LogP contribution in [0.5, 0.6) is 0 Å². The zero-order valence-electron chi connectivity index (χ0n) is 15.1. The van der Waals surface area contributed by atoms with Crippen molar-refractivity contribution in [2.24, 2.45) is 0 Å². The molecule has 1 fully saturated rings. The van der Waals surface area contributed by atoms with Crippen LogP contribution in [0.25, 0.3) is 0 Å². The topological polar surface area (TPSA) is 57.7 Å². The lowest BCUT2D eigenvalue weighted by Gasteiger charge is -2.34. The number of benzene rings is 2. The van der Waals surface area contributed by atoms with Crippen LogP contribution < -0.4 is 0 Å². The molecule has 3 rings (SSSR count). The Morgan fingerprint density at radius 2 is 1.60 bits per heavy atom. The zero-order valence-corrected chi connectivity index (χ0v) is 16.7. The number of piperazine rings is 1. The van der Waals surface area contributed by atoms with Gasteiger partial charge in [-0.05, 0) is 30.3 Å². The van der Waals surface area contributed by atoms with Crippen molar-refractivity contribution in [3.8, 4) is 0 Å². The summed E-state index contributed by atoms with van der Waals surface area (Å²) in [6, 6.07) is 4.46. The summed E-state index contributed by atoms with van der Waals surface area (Å²) in [6.07, 6.45) is -4.75. The predicted molar refractivity (Wildman–Crippen MR) is 97.5 cm³/mol. The number of rotatable bonds is 3. The van der Waals surface area contributed by atoms with E-state index >= 15 is 0 Å². The van der Waals surface area contributed by atoms with Crippen molar-refractivity contribution < 1.29 is 35.2 Å². The fourth-order valence-electron chi connectivity index (χ4n) is 2.98. The second kappa shape index (κ2) is 8.12. The first kappa shape index (κ1) is 22.4. The molecular weight excluding hydrogens is 455 g/mol. The molecule has 0 radical (unpaired) electrons. The number of sulfonamides is 1. The fraction of sp³-hybridized carbons (Fsp3) is 0.278. The number of carbonyl (C=O) groups is 1. The van der Waals surface area contributed by atoms with Crippen LogP contribution in [-0.2, 0) is 16.2 Å². The van der Waals surface area contributed by atoms with Gasteiger partial charge in [0.15, 0.2) is 0 Å². The molecule has 12 heteroatoms. The number of halogens is 6. The summed E-state index contributed by atoms with van der Waals surface area (Å²) in [5, 5.41) is -0.366. The highest BCUT2D eigenvalue weighted by molar-refractivity contribution is 7.89. The third-order valence-electron chi connectivity index (χ3n) is 4.56. The van der Waals surface area contributed by atoms with Gasteiger partial charge in [-0.3, -0.25) is 4.79 Å². The molecule has 0 aliphatic carbocycles. The van der Waals surface area contributed by atoms with E-state index in [9.17, 15) is 35.2 Å². The summed E-state index contributed by atoms with van der Waals surface area (Å²) in [5.74, 6) is -2.65. The van der Waals surface area contributed by atoms with E-state index in [4.69, 9.17) is 11.6 Å². The number of hydrogen-bond donors (Lipinski definition) is 0. The maximum Gasteiger partial charge on any atom is 0.416 e. The highest BCUT2D eigenvalue weighted by atomic mass is 35.5. The number of amides is 1. The molecule has 0 aromatic heterocycles. The lowest BCUT2D eigenvalue weighted by atomic mass is 10.1. The van der Waals surface area contributed by atoms with Crippen molar-refractivity contribution in [3.63, 3.8) is 0 Å². The number of alkyl halides is 3. The summed E-state index contributed by atoms with van der Waals surface area (Å²) < 4.78 is 92.1. The average Bonchev–Trinajstić information content (AvgIpc) is 2.67. The molecule has 1 saturated heterocycles. The molecule has 1 heterocycles. The second-order valence-corrected chi connectivity index (χ2v) is 8.78. The van der Waals surface area contributed by atoms with Gasteiger partial charge < -0.3 is 4.90 Å². The minimum Gasteiger partial charge on any atom is -0.336 e. The number of hydrogen-bond acceptors (Lipinski definition) is 3. The van der Waals surface area contributed by atoms with Crippen LogP contribution in [0, 0.1) is 11.6 Å². The SMILES string of the molecule is O=C(c1ccc(F)cc1F)N1CCN(S(=O)(=O)c2cc(C(F)(F)F)ccc2Cl)CC1. The van der Waals surface area contributed by atoms with Crippen LogP contribution in [-0.4, -0.2) is 49.7 Å². The van der Waals surface area contributed by atoms with Gasteiger partial charge in [0.2, 0.25) is 10.0 Å². The van der Waals surface area contributed by atoms with E-state index in [2.05, 4.69) is 0 Å². The largest absolute Gasteiger partial charge is 0.416 e. The second-order valence-electron chi connectivity index (χ2n) is 6.46. The van der Waals surface area contributed by atoms with E-state index in [-0.39, 0.29) is 36.8 Å². The van der Waals surface area contributed by atoms with E-state index in [0.717, 1.165) is 22.5 Å². The summed E-state index contributed by atoms with van der Waals surface area (Å²) in [4.78, 5) is 12.9. The Kier molecular flexibility index (Phi) is 6.08. The third-order valence-corrected chi connectivity index (χ3v) is 6.94. The molecule has 0 atom stereocenters. The Morgan fingerprint density at radius 3 is 2.17 bits per heavy atom. The van der Waals surface area contributed by atoms with Crippen molar-refractivity contribution >= 4 is 27.5 Å². The average molecular weight is 469 g/mol. The molecule has 1 aliphatic rings. The molecule has 30 heavy (non-hydrogen) atoms. The highest BCUT2D eigenvalue weighted by Gasteiger charge is 2.36. The van der Waals surface area contributed by atoms with Crippen molar-refractivity contribution in [2.75, 3.05) is 26.2 Å². The molecule has 0 saturated carbocycles. The molecule has 162 valence electrons. The van der Waals surface area contributed by atoms with E-state index in [1.807, 2.05) is 0 Å². The molecule has 2 aromatic rings. The Balaban J connectivity index is 1.78. The molecule has 1 amide bonds. The number of nitrogens with zero attached hydrogens (tertiary/aromatic N) is 2. The fourth-order valence-corrected chi connectivity index (χ4v) is 4.90.